The molecule has 0 aliphatic heterocycles. The van der Waals surface area contributed by atoms with Crippen molar-refractivity contribution in [3.05, 3.63) is 98.8 Å². The van der Waals surface area contributed by atoms with Crippen LogP contribution in [0.1, 0.15) is 52.7 Å². The van der Waals surface area contributed by atoms with Crippen molar-refractivity contribution in [1.82, 2.24) is 0 Å². The number of halogens is 2. The van der Waals surface area contributed by atoms with E-state index in [0.29, 0.717) is 0 Å². The molecule has 0 saturated carbocycles. The first-order valence-electron chi connectivity index (χ1n) is 9.71. The number of hydrogen-bond donors (Lipinski definition) is 0. The minimum absolute atomic E-state index is 0. The average molecular weight is 565 g/mol. The summed E-state index contributed by atoms with van der Waals surface area (Å²) in [5.41, 5.74) is 3.38. The Kier molecular flexibility index (Phi) is 17.2. The van der Waals surface area contributed by atoms with Crippen molar-refractivity contribution in [1.29, 1.82) is 0 Å². The van der Waals surface area contributed by atoms with E-state index in [9.17, 15) is 0 Å². The molecule has 32 heavy (non-hydrogen) atoms. The SMILES string of the molecule is CC(C)(C)c1cc2ccccc2[cH-]1.CC(C)(C)c1cc2ccccc2[cH-]1.Cl.Cl.[CH3-].[CH3-].[Si]=[Zr]. The standard InChI is InChI=1S/2C13H15.2CH3.2ClH.Si.Zr/c2*1-13(2,3)12-8-10-6-4-5-7-11(10)9-12;;;;;;/h2*4-9H,1-3H3;2*1H3;2*1H;;/q4*-1;;;;. The van der Waals surface area contributed by atoms with Gasteiger partial charge in [0.1, 0.15) is 0 Å². The topological polar surface area (TPSA) is 0 Å². The van der Waals surface area contributed by atoms with E-state index in [-0.39, 0.29) is 50.5 Å². The number of rotatable bonds is 0. The fourth-order valence-electron chi connectivity index (χ4n) is 3.17. The molecule has 2 radical (unpaired) electrons. The summed E-state index contributed by atoms with van der Waals surface area (Å²) in [6.45, 7) is 16.6. The van der Waals surface area contributed by atoms with Gasteiger partial charge in [0.05, 0.1) is 0 Å². The third-order valence-electron chi connectivity index (χ3n) is 4.97. The van der Waals surface area contributed by atoms with Crippen molar-refractivity contribution in [2.24, 2.45) is 0 Å². The molecule has 0 heterocycles. The van der Waals surface area contributed by atoms with Gasteiger partial charge in [-0.2, -0.15) is 12.1 Å². The Bertz CT molecular complexity index is 883. The van der Waals surface area contributed by atoms with Crippen LogP contribution in [0.5, 0.6) is 0 Å². The van der Waals surface area contributed by atoms with Crippen molar-refractivity contribution in [2.45, 2.75) is 52.4 Å². The van der Waals surface area contributed by atoms with Crippen molar-refractivity contribution >= 4 is 53.2 Å². The van der Waals surface area contributed by atoms with Crippen LogP contribution in [0.25, 0.3) is 21.5 Å². The maximum absolute atomic E-state index is 3.06. The van der Waals surface area contributed by atoms with E-state index in [2.05, 4.69) is 121 Å². The van der Waals surface area contributed by atoms with Crippen LogP contribution in [0, 0.1) is 14.9 Å². The summed E-state index contributed by atoms with van der Waals surface area (Å²) in [7, 11) is 0. The van der Waals surface area contributed by atoms with E-state index in [1.165, 1.54) is 56.0 Å². The van der Waals surface area contributed by atoms with E-state index >= 15 is 0 Å². The first-order chi connectivity index (χ1) is 13.1. The molecule has 0 saturated heterocycles. The first-order valence-corrected chi connectivity index (χ1v) is 13.9. The molecule has 4 heteroatoms. The van der Waals surface area contributed by atoms with Crippen LogP contribution < -0.4 is 0 Å². The zero-order valence-electron chi connectivity index (χ0n) is 20.7. The van der Waals surface area contributed by atoms with Gasteiger partial charge in [-0.15, -0.1) is 106 Å². The summed E-state index contributed by atoms with van der Waals surface area (Å²) in [6, 6.07) is 26.2. The Balaban J connectivity index is -0.000000437. The monoisotopic (exact) mass is 562 g/mol. The quantitative estimate of drug-likeness (QED) is 0.148. The predicted molar refractivity (Wildman–Crippen MR) is 150 cm³/mol. The molecule has 0 N–H and O–H groups in total. The molecule has 4 rings (SSSR count). The van der Waals surface area contributed by atoms with Crippen LogP contribution in [0.4, 0.5) is 0 Å². The van der Waals surface area contributed by atoms with E-state index in [0.717, 1.165) is 0 Å². The van der Waals surface area contributed by atoms with Gasteiger partial charge in [0.2, 0.25) is 0 Å². The molecule has 0 nitrogen and oxygen atoms in total. The summed E-state index contributed by atoms with van der Waals surface area (Å²) in [5, 5.41) is 5.42. The van der Waals surface area contributed by atoms with Crippen LogP contribution in [-0.4, -0.2) is 6.88 Å². The van der Waals surface area contributed by atoms with Crippen molar-refractivity contribution in [3.8, 4) is 0 Å². The molecule has 0 spiro atoms. The maximum atomic E-state index is 3.06. The molecule has 176 valence electrons. The molecule has 0 atom stereocenters. The van der Waals surface area contributed by atoms with E-state index in [4.69, 9.17) is 0 Å². The fourth-order valence-corrected chi connectivity index (χ4v) is 3.17. The molecule has 0 aliphatic carbocycles. The van der Waals surface area contributed by atoms with Gasteiger partial charge < -0.3 is 14.9 Å². The molecule has 4 aromatic carbocycles. The molecule has 0 aliphatic rings. The Morgan fingerprint density at radius 1 is 0.594 bits per heavy atom. The van der Waals surface area contributed by atoms with E-state index < -0.39 is 0 Å². The normalized spacial score (nSPS) is 10.0. The molecule has 0 unspecified atom stereocenters. The van der Waals surface area contributed by atoms with Crippen molar-refractivity contribution < 1.29 is 23.3 Å². The second-order valence-electron chi connectivity index (χ2n) is 9.25. The predicted octanol–water partition coefficient (Wildman–Crippen LogP) is 9.07. The average Bonchev–Trinajstić information content (AvgIpc) is 3.27. The van der Waals surface area contributed by atoms with Gasteiger partial charge in [-0.25, -0.2) is 0 Å². The number of hydrogen-bond acceptors (Lipinski definition) is 0. The second-order valence-corrected chi connectivity index (χ2v) is 9.25. The van der Waals surface area contributed by atoms with Gasteiger partial charge in [0.25, 0.3) is 0 Å². The van der Waals surface area contributed by atoms with Crippen molar-refractivity contribution in [3.63, 3.8) is 0 Å². The molecule has 0 fully saturated rings. The molecular formula is C28H38Cl2SiZr-4. The third-order valence-corrected chi connectivity index (χ3v) is 4.97. The second kappa shape index (κ2) is 15.3. The summed E-state index contributed by atoms with van der Waals surface area (Å²) < 4.78 is 0. The summed E-state index contributed by atoms with van der Waals surface area (Å²) in [5.74, 6) is 0. The van der Waals surface area contributed by atoms with E-state index in [1.807, 2.05) is 0 Å². The van der Waals surface area contributed by atoms with Crippen LogP contribution in [0.15, 0.2) is 72.8 Å². The molecule has 0 amide bonds. The Morgan fingerprint density at radius 2 is 0.875 bits per heavy atom. The zero-order valence-corrected chi connectivity index (χ0v) is 25.8. The van der Waals surface area contributed by atoms with Crippen LogP contribution in [-0.2, 0) is 34.2 Å². The fraction of sp³-hybridized carbons (Fsp3) is 0.286. The minimum atomic E-state index is 0. The van der Waals surface area contributed by atoms with Gasteiger partial charge in [-0.3, -0.25) is 0 Å². The molecule has 0 aromatic heterocycles. The number of fused-ring (bicyclic) bond motifs is 2. The molecule has 0 bridgehead atoms. The third kappa shape index (κ3) is 9.68. The van der Waals surface area contributed by atoms with Crippen LogP contribution >= 0.6 is 24.8 Å². The zero-order chi connectivity index (χ0) is 20.9. The van der Waals surface area contributed by atoms with Crippen LogP contribution in [0.3, 0.4) is 0 Å². The van der Waals surface area contributed by atoms with Crippen LogP contribution in [0.2, 0.25) is 0 Å². The Labute approximate surface area is 226 Å². The van der Waals surface area contributed by atoms with Gasteiger partial charge in [-0.1, -0.05) is 53.7 Å². The Hall–Kier alpha value is -0.660. The first kappa shape index (κ1) is 35.9. The van der Waals surface area contributed by atoms with Gasteiger partial charge in [0.15, 0.2) is 0 Å². The summed E-state index contributed by atoms with van der Waals surface area (Å²) in [6.07, 6.45) is 0. The van der Waals surface area contributed by atoms with Gasteiger partial charge in [-0.05, 0) is 10.8 Å². The van der Waals surface area contributed by atoms with Gasteiger partial charge >= 0.3 is 30.2 Å². The van der Waals surface area contributed by atoms with Crippen molar-refractivity contribution in [2.75, 3.05) is 0 Å². The number of benzene rings is 2. The summed E-state index contributed by atoms with van der Waals surface area (Å²) in [4.78, 5) is 0. The Morgan fingerprint density at radius 3 is 1.12 bits per heavy atom. The summed E-state index contributed by atoms with van der Waals surface area (Å²) >= 11 is 1.36. The molecular weight excluding hydrogens is 527 g/mol. The molecule has 4 aromatic rings. The van der Waals surface area contributed by atoms with Gasteiger partial charge in [0, 0.05) is 0 Å². The van der Waals surface area contributed by atoms with E-state index in [1.54, 1.807) is 0 Å².